The molecule has 0 aliphatic carbocycles. The normalized spacial score (nSPS) is 14.8. The van der Waals surface area contributed by atoms with Crippen molar-refractivity contribution in [2.75, 3.05) is 17.7 Å². The Balaban J connectivity index is 3.18. The van der Waals surface area contributed by atoms with Gasteiger partial charge in [0.25, 0.3) is 0 Å². The molecule has 0 spiro atoms. The minimum absolute atomic E-state index is 0.442. The molecule has 0 amide bonds. The van der Waals surface area contributed by atoms with Gasteiger partial charge in [-0.3, -0.25) is 0 Å². The van der Waals surface area contributed by atoms with E-state index in [0.29, 0.717) is 22.2 Å². The Morgan fingerprint density at radius 1 is 1.57 bits per heavy atom. The second-order valence-corrected chi connectivity index (χ2v) is 6.13. The van der Waals surface area contributed by atoms with Crippen molar-refractivity contribution in [1.82, 2.24) is 0 Å². The van der Waals surface area contributed by atoms with Gasteiger partial charge in [-0.25, -0.2) is 4.21 Å². The fraction of sp³-hybridized carbons (Fsp3) is 0.333. The van der Waals surface area contributed by atoms with Gasteiger partial charge in [-0.2, -0.15) is 4.36 Å². The highest BCUT2D eigenvalue weighted by Gasteiger charge is 2.00. The van der Waals surface area contributed by atoms with Crippen molar-refractivity contribution in [2.24, 2.45) is 4.36 Å². The molecule has 14 heavy (non-hydrogen) atoms. The molecule has 0 radical (unpaired) electrons. The maximum atomic E-state index is 11.7. The van der Waals surface area contributed by atoms with Crippen molar-refractivity contribution >= 4 is 32.7 Å². The molecule has 2 N–H and O–H groups in total. The van der Waals surface area contributed by atoms with Gasteiger partial charge in [-0.05, 0) is 18.2 Å². The van der Waals surface area contributed by atoms with E-state index in [1.54, 1.807) is 24.5 Å². The van der Waals surface area contributed by atoms with Crippen molar-refractivity contribution in [3.05, 3.63) is 23.2 Å². The number of nitrogen functional groups attached to an aromatic ring is 1. The van der Waals surface area contributed by atoms with Crippen molar-refractivity contribution in [1.29, 1.82) is 0 Å². The second-order valence-electron chi connectivity index (χ2n) is 3.05. The van der Waals surface area contributed by atoms with Crippen LogP contribution in [0, 0.1) is 0 Å². The Morgan fingerprint density at radius 3 is 2.71 bits per heavy atom. The second kappa shape index (κ2) is 4.19. The number of hydrogen-bond donors (Lipinski definition) is 1. The van der Waals surface area contributed by atoms with E-state index in [0.717, 1.165) is 0 Å². The Morgan fingerprint density at radius 2 is 2.21 bits per heavy atom. The molecule has 78 valence electrons. The van der Waals surface area contributed by atoms with E-state index in [4.69, 9.17) is 17.3 Å². The molecule has 0 aliphatic heterocycles. The van der Waals surface area contributed by atoms with Crippen LogP contribution in [0.2, 0.25) is 5.02 Å². The first-order chi connectivity index (χ1) is 6.44. The molecular weight excluding hydrogens is 220 g/mol. The van der Waals surface area contributed by atoms with Crippen LogP contribution in [0.5, 0.6) is 0 Å². The molecule has 0 aromatic heterocycles. The lowest BCUT2D eigenvalue weighted by molar-refractivity contribution is 0.681. The van der Waals surface area contributed by atoms with Gasteiger partial charge >= 0.3 is 0 Å². The smallest absolute Gasteiger partial charge is 0.0746 e. The summed E-state index contributed by atoms with van der Waals surface area (Å²) in [5, 5.41) is 0.442. The van der Waals surface area contributed by atoms with Crippen LogP contribution in [-0.2, 0) is 9.73 Å². The number of nitrogens with zero attached hydrogens (tertiary/aromatic N) is 1. The van der Waals surface area contributed by atoms with E-state index in [1.165, 1.54) is 0 Å². The Kier molecular flexibility index (Phi) is 3.39. The first-order valence-electron chi connectivity index (χ1n) is 4.19. The minimum Gasteiger partial charge on any atom is -0.398 e. The maximum absolute atomic E-state index is 11.7. The average molecular weight is 233 g/mol. The lowest BCUT2D eigenvalue weighted by atomic mass is 10.3. The first kappa shape index (κ1) is 11.3. The van der Waals surface area contributed by atoms with Crippen LogP contribution in [0.4, 0.5) is 11.4 Å². The summed E-state index contributed by atoms with van der Waals surface area (Å²) in [6.07, 6.45) is 1.62. The fourth-order valence-corrected chi connectivity index (χ4v) is 1.72. The van der Waals surface area contributed by atoms with E-state index >= 15 is 0 Å². The summed E-state index contributed by atoms with van der Waals surface area (Å²) in [6.45, 7) is 1.84. The van der Waals surface area contributed by atoms with Crippen molar-refractivity contribution in [3.8, 4) is 0 Å². The monoisotopic (exact) mass is 232 g/mol. The number of anilines is 1. The maximum Gasteiger partial charge on any atom is 0.0746 e. The third-order valence-corrected chi connectivity index (χ3v) is 3.81. The number of hydrogen-bond acceptors (Lipinski definition) is 3. The van der Waals surface area contributed by atoms with Gasteiger partial charge < -0.3 is 5.73 Å². The third kappa shape index (κ3) is 2.89. The lowest BCUT2D eigenvalue weighted by Gasteiger charge is -2.02. The molecule has 3 nitrogen and oxygen atoms in total. The molecule has 1 aromatic carbocycles. The quantitative estimate of drug-likeness (QED) is 0.797. The topological polar surface area (TPSA) is 55.5 Å². The van der Waals surface area contributed by atoms with E-state index in [1.807, 2.05) is 6.92 Å². The van der Waals surface area contributed by atoms with Crippen molar-refractivity contribution < 1.29 is 4.21 Å². The van der Waals surface area contributed by atoms with Crippen LogP contribution < -0.4 is 5.73 Å². The highest BCUT2D eigenvalue weighted by atomic mass is 35.5. The highest BCUT2D eigenvalue weighted by Crippen LogP contribution is 2.25. The van der Waals surface area contributed by atoms with Crippen LogP contribution in [0.15, 0.2) is 22.6 Å². The zero-order valence-electron chi connectivity index (χ0n) is 8.16. The Labute approximate surface area is 89.4 Å². The molecule has 0 bridgehead atoms. The van der Waals surface area contributed by atoms with Crippen LogP contribution >= 0.6 is 11.6 Å². The molecule has 0 heterocycles. The third-order valence-electron chi connectivity index (χ3n) is 1.82. The summed E-state index contributed by atoms with van der Waals surface area (Å²) in [6, 6.07) is 4.99. The number of halogens is 1. The molecule has 0 fully saturated rings. The molecule has 1 unspecified atom stereocenters. The van der Waals surface area contributed by atoms with Crippen LogP contribution in [0.3, 0.4) is 0 Å². The van der Waals surface area contributed by atoms with E-state index < -0.39 is 9.73 Å². The molecule has 1 atom stereocenters. The van der Waals surface area contributed by atoms with Gasteiger partial charge in [0.05, 0.1) is 16.4 Å². The largest absolute Gasteiger partial charge is 0.398 e. The number of benzene rings is 1. The summed E-state index contributed by atoms with van der Waals surface area (Å²) < 4.78 is 15.8. The van der Waals surface area contributed by atoms with E-state index in [9.17, 15) is 4.21 Å². The summed E-state index contributed by atoms with van der Waals surface area (Å²) in [5.74, 6) is 0.523. The van der Waals surface area contributed by atoms with Crippen LogP contribution in [0.25, 0.3) is 0 Å². The van der Waals surface area contributed by atoms with Gasteiger partial charge in [0.1, 0.15) is 0 Å². The summed E-state index contributed by atoms with van der Waals surface area (Å²) in [4.78, 5) is 0. The standard InChI is InChI=1S/C9H13ClN2OS/c1-3-14(2,13)12-7-4-5-9(11)8(10)6-7/h4-6H,3,11H2,1-2H3. The SMILES string of the molecule is CCS(C)(=O)=Nc1ccc(N)c(Cl)c1. The van der Waals surface area contributed by atoms with Gasteiger partial charge in [-0.15, -0.1) is 0 Å². The van der Waals surface area contributed by atoms with Gasteiger partial charge in [0.2, 0.25) is 0 Å². The number of nitrogens with two attached hydrogens (primary N) is 1. The summed E-state index contributed by atoms with van der Waals surface area (Å²) >= 11 is 5.81. The lowest BCUT2D eigenvalue weighted by Crippen LogP contribution is -1.97. The van der Waals surface area contributed by atoms with Gasteiger partial charge in [-0.1, -0.05) is 18.5 Å². The predicted octanol–water partition coefficient (Wildman–Crippen LogP) is 2.67. The molecule has 1 rings (SSSR count). The minimum atomic E-state index is -2.13. The molecular formula is C9H13ClN2OS. The zero-order valence-corrected chi connectivity index (χ0v) is 9.73. The van der Waals surface area contributed by atoms with Crippen molar-refractivity contribution in [3.63, 3.8) is 0 Å². The van der Waals surface area contributed by atoms with Crippen LogP contribution in [-0.4, -0.2) is 16.2 Å². The van der Waals surface area contributed by atoms with Crippen molar-refractivity contribution in [2.45, 2.75) is 6.92 Å². The Hall–Kier alpha value is -0.740. The van der Waals surface area contributed by atoms with Gasteiger partial charge in [0.15, 0.2) is 0 Å². The molecule has 0 saturated heterocycles. The summed E-state index contributed by atoms with van der Waals surface area (Å²) in [5.41, 5.74) is 6.65. The number of rotatable bonds is 2. The molecule has 5 heteroatoms. The molecule has 0 saturated carbocycles. The highest BCUT2D eigenvalue weighted by molar-refractivity contribution is 7.93. The average Bonchev–Trinajstić information content (AvgIpc) is 2.11. The van der Waals surface area contributed by atoms with E-state index in [-0.39, 0.29) is 0 Å². The zero-order chi connectivity index (χ0) is 10.8. The Bertz CT molecular complexity index is 450. The molecule has 1 aromatic rings. The van der Waals surface area contributed by atoms with Crippen LogP contribution in [0.1, 0.15) is 6.92 Å². The summed E-state index contributed by atoms with van der Waals surface area (Å²) in [7, 11) is -2.13. The van der Waals surface area contributed by atoms with Gasteiger partial charge in [0, 0.05) is 21.7 Å². The fourth-order valence-electron chi connectivity index (χ4n) is 0.860. The van der Waals surface area contributed by atoms with E-state index in [2.05, 4.69) is 4.36 Å². The molecule has 0 aliphatic rings. The first-order valence-corrected chi connectivity index (χ1v) is 6.66. The predicted molar refractivity (Wildman–Crippen MR) is 62.6 cm³/mol.